The van der Waals surface area contributed by atoms with Gasteiger partial charge in [-0.2, -0.15) is 12.6 Å². The topological polar surface area (TPSA) is 180 Å². The number of hydrogen-bond donors (Lipinski definition) is 3. The van der Waals surface area contributed by atoms with Gasteiger partial charge in [-0.05, 0) is 111 Å². The standard InChI is InChI=1S/C31H37FN2O5S.C29H35FN2O4S/c1-6-26-27(14-15-28(36)29(16-19(3)4)40-20(5)35)34(31(33-26)39-7-2)18-22-13-12-21(17-25(22)32)23-10-8-9-11-24(23)30(37)38;1-5-24-25(13-14-26(33)27(37)15-18(3)4)32(29(31-24)36-6-2)17-20-12-11-19(16-23(20)30)21-9-7-8-10-22(21)28(34)35/h8-13,17,19,29H,6-7,14-16,18H2,1-5H3,(H,37,38);7-12,16,18,27,37H,5-6,13-15,17H2,1-4H3,(H,34,35)/t29-;27-/m00/s1. The number of carboxylic acid groups (broad SMARTS) is 2. The maximum absolute atomic E-state index is 15.4. The van der Waals surface area contributed by atoms with Gasteiger partial charge in [0, 0.05) is 42.3 Å². The molecule has 0 aliphatic heterocycles. The number of aryl methyl sites for hydroxylation is 2. The predicted octanol–water partition coefficient (Wildman–Crippen LogP) is 12.8. The van der Waals surface area contributed by atoms with Crippen molar-refractivity contribution in [1.82, 2.24) is 19.1 Å². The largest absolute Gasteiger partial charge is 0.478 e. The van der Waals surface area contributed by atoms with E-state index in [4.69, 9.17) is 9.47 Å². The Labute approximate surface area is 460 Å². The zero-order chi connectivity index (χ0) is 56.5. The van der Waals surface area contributed by atoms with Crippen molar-refractivity contribution in [3.05, 3.63) is 142 Å². The summed E-state index contributed by atoms with van der Waals surface area (Å²) in [4.78, 5) is 70.2. The highest BCUT2D eigenvalue weighted by atomic mass is 32.2. The van der Waals surface area contributed by atoms with Crippen molar-refractivity contribution in [1.29, 1.82) is 0 Å². The molecule has 0 unspecified atom stereocenters. The number of aromatic nitrogens is 4. The lowest BCUT2D eigenvalue weighted by molar-refractivity contribution is -0.119. The van der Waals surface area contributed by atoms with E-state index in [1.165, 1.54) is 31.2 Å². The fraction of sp³-hybridized carbons (Fsp3) is 0.417. The minimum atomic E-state index is -1.08. The molecule has 0 amide bonds. The normalized spacial score (nSPS) is 12.0. The van der Waals surface area contributed by atoms with E-state index < -0.39 is 28.8 Å². The molecule has 0 spiro atoms. The maximum Gasteiger partial charge on any atom is 0.336 e. The number of ketones is 2. The molecule has 0 saturated heterocycles. The van der Waals surface area contributed by atoms with Gasteiger partial charge < -0.3 is 19.7 Å². The molecule has 2 atom stereocenters. The van der Waals surface area contributed by atoms with Crippen LogP contribution in [0.25, 0.3) is 22.3 Å². The molecule has 17 heteroatoms. The molecule has 0 aliphatic carbocycles. The summed E-state index contributed by atoms with van der Waals surface area (Å²) >= 11 is 5.58. The molecule has 77 heavy (non-hydrogen) atoms. The second kappa shape index (κ2) is 29.2. The van der Waals surface area contributed by atoms with E-state index in [9.17, 15) is 34.2 Å². The third-order valence-electron chi connectivity index (χ3n) is 12.8. The number of carboxylic acids is 2. The number of benzene rings is 4. The van der Waals surface area contributed by atoms with Gasteiger partial charge in [-0.25, -0.2) is 28.3 Å². The smallest absolute Gasteiger partial charge is 0.336 e. The zero-order valence-electron chi connectivity index (χ0n) is 45.5. The summed E-state index contributed by atoms with van der Waals surface area (Å²) in [5.41, 5.74) is 6.11. The molecule has 2 aromatic heterocycles. The monoisotopic (exact) mass is 1090 g/mol. The summed E-state index contributed by atoms with van der Waals surface area (Å²) < 4.78 is 46.0. The van der Waals surface area contributed by atoms with Gasteiger partial charge in [0.25, 0.3) is 12.0 Å². The molecular formula is C60H72F2N4O9S2. The minimum absolute atomic E-state index is 0.00860. The Morgan fingerprint density at radius 1 is 0.623 bits per heavy atom. The number of thiol groups is 1. The molecule has 4 aromatic carbocycles. The average molecular weight is 1100 g/mol. The quantitative estimate of drug-likeness (QED) is 0.0416. The van der Waals surface area contributed by atoms with Crippen LogP contribution in [0, 0.1) is 23.5 Å². The number of carbonyl (C=O) groups excluding carboxylic acids is 3. The molecule has 2 N–H and O–H groups in total. The molecule has 412 valence electrons. The first-order valence-corrected chi connectivity index (χ1v) is 27.7. The molecular weight excluding hydrogens is 1020 g/mol. The lowest BCUT2D eigenvalue weighted by Gasteiger charge is -2.17. The number of imidazole rings is 2. The number of halogens is 2. The molecule has 6 rings (SSSR count). The van der Waals surface area contributed by atoms with E-state index in [1.54, 1.807) is 60.7 Å². The van der Waals surface area contributed by atoms with Gasteiger partial charge in [0.15, 0.2) is 5.12 Å². The van der Waals surface area contributed by atoms with Gasteiger partial charge in [-0.1, -0.05) is 114 Å². The summed E-state index contributed by atoms with van der Waals surface area (Å²) in [5, 5.41) is 18.2. The number of aromatic carboxylic acids is 2. The van der Waals surface area contributed by atoms with E-state index in [-0.39, 0.29) is 58.5 Å². The molecule has 0 bridgehead atoms. The van der Waals surface area contributed by atoms with Crippen LogP contribution in [0.2, 0.25) is 0 Å². The number of rotatable bonds is 27. The second-order valence-corrected chi connectivity index (χ2v) is 21.4. The van der Waals surface area contributed by atoms with E-state index in [1.807, 2.05) is 50.7 Å². The number of nitrogens with zero attached hydrogens (tertiary/aromatic N) is 4. The fourth-order valence-corrected chi connectivity index (χ4v) is 10.8. The summed E-state index contributed by atoms with van der Waals surface area (Å²) in [5.74, 6) is -2.35. The number of carbonyl (C=O) groups is 5. The predicted molar refractivity (Wildman–Crippen MR) is 302 cm³/mol. The highest BCUT2D eigenvalue weighted by molar-refractivity contribution is 8.14. The van der Waals surface area contributed by atoms with Gasteiger partial charge in [-0.15, -0.1) is 0 Å². The highest BCUT2D eigenvalue weighted by Gasteiger charge is 2.26. The Hall–Kier alpha value is -6.59. The van der Waals surface area contributed by atoms with Gasteiger partial charge in [0.2, 0.25) is 0 Å². The lowest BCUT2D eigenvalue weighted by Crippen LogP contribution is -2.22. The van der Waals surface area contributed by atoms with Crippen LogP contribution in [-0.2, 0) is 53.2 Å². The van der Waals surface area contributed by atoms with E-state index in [2.05, 4.69) is 36.4 Å². The maximum atomic E-state index is 15.4. The Morgan fingerprint density at radius 3 is 1.40 bits per heavy atom. The zero-order valence-corrected chi connectivity index (χ0v) is 47.2. The van der Waals surface area contributed by atoms with Gasteiger partial charge >= 0.3 is 11.9 Å². The van der Waals surface area contributed by atoms with Crippen molar-refractivity contribution in [2.24, 2.45) is 11.8 Å². The molecule has 0 aliphatic rings. The molecule has 2 heterocycles. The first-order valence-electron chi connectivity index (χ1n) is 26.3. The number of hydrogen-bond acceptors (Lipinski definition) is 11. The summed E-state index contributed by atoms with van der Waals surface area (Å²) in [6, 6.07) is 23.2. The van der Waals surface area contributed by atoms with Crippen molar-refractivity contribution in [3.8, 4) is 34.3 Å². The third-order valence-corrected chi connectivity index (χ3v) is 14.4. The van der Waals surface area contributed by atoms with Crippen LogP contribution in [-0.4, -0.2) is 81.6 Å². The van der Waals surface area contributed by atoms with Crippen molar-refractivity contribution in [3.63, 3.8) is 0 Å². The van der Waals surface area contributed by atoms with Gasteiger partial charge in [0.1, 0.15) is 23.2 Å². The average Bonchev–Trinajstić information content (AvgIpc) is 3.91. The van der Waals surface area contributed by atoms with E-state index in [0.29, 0.717) is 109 Å². The number of ether oxygens (including phenoxy) is 2. The second-order valence-electron chi connectivity index (χ2n) is 19.4. The number of Topliss-reactive ketones (excluding diaryl/α,β-unsaturated/α-hetero) is 2. The third kappa shape index (κ3) is 16.7. The van der Waals surface area contributed by atoms with Crippen LogP contribution in [0.3, 0.4) is 0 Å². The minimum Gasteiger partial charge on any atom is -0.478 e. The fourth-order valence-electron chi connectivity index (χ4n) is 9.08. The summed E-state index contributed by atoms with van der Waals surface area (Å²) in [6.45, 7) is 18.4. The van der Waals surface area contributed by atoms with Crippen molar-refractivity contribution in [2.45, 2.75) is 137 Å². The summed E-state index contributed by atoms with van der Waals surface area (Å²) in [7, 11) is 0. The lowest BCUT2D eigenvalue weighted by atomic mass is 9.98. The molecule has 6 aromatic rings. The van der Waals surface area contributed by atoms with Gasteiger partial charge in [-0.3, -0.25) is 23.5 Å². The van der Waals surface area contributed by atoms with E-state index in [0.717, 1.165) is 34.5 Å². The Kier molecular flexibility index (Phi) is 23.3. The van der Waals surface area contributed by atoms with Crippen LogP contribution >= 0.6 is 24.4 Å². The van der Waals surface area contributed by atoms with Crippen molar-refractivity contribution >= 4 is 53.0 Å². The van der Waals surface area contributed by atoms with Crippen LogP contribution in [0.5, 0.6) is 12.0 Å². The molecule has 0 fully saturated rings. The van der Waals surface area contributed by atoms with Gasteiger partial charge in [0.05, 0.1) is 59.3 Å². The van der Waals surface area contributed by atoms with Crippen LogP contribution in [0.15, 0.2) is 84.9 Å². The Balaban J connectivity index is 0.000000285. The summed E-state index contributed by atoms with van der Waals surface area (Å²) in [6.07, 6.45) is 4.00. The Bertz CT molecular complexity index is 3020. The first kappa shape index (κ1) is 61.3. The Morgan fingerprint density at radius 2 is 1.04 bits per heavy atom. The van der Waals surface area contributed by atoms with Crippen molar-refractivity contribution < 1.29 is 52.4 Å². The molecule has 0 saturated carbocycles. The van der Waals surface area contributed by atoms with Crippen LogP contribution in [0.4, 0.5) is 8.78 Å². The van der Waals surface area contributed by atoms with Crippen LogP contribution in [0.1, 0.15) is 143 Å². The molecule has 0 radical (unpaired) electrons. The SMILES string of the molecule is CCOc1nc(CC)c(CCC(=O)[C@@H](S)CC(C)C)n1Cc1ccc(-c2ccccc2C(=O)O)cc1F.CCOc1nc(CC)c(CCC(=O)[C@H](CC(C)C)SC(C)=O)n1Cc1ccc(-c2ccccc2C(=O)O)cc1F. The van der Waals surface area contributed by atoms with Crippen LogP contribution < -0.4 is 9.47 Å². The van der Waals surface area contributed by atoms with E-state index >= 15 is 8.78 Å². The van der Waals surface area contributed by atoms with Crippen molar-refractivity contribution in [2.75, 3.05) is 13.2 Å². The first-order chi connectivity index (χ1) is 36.7. The number of thioether (sulfide) groups is 1. The highest BCUT2D eigenvalue weighted by Crippen LogP contribution is 2.32. The molecule has 13 nitrogen and oxygen atoms in total.